The smallest absolute Gasteiger partial charge is 0.0599 e. The third-order valence-corrected chi connectivity index (χ3v) is 1.81. The van der Waals surface area contributed by atoms with E-state index in [0.717, 1.165) is 13.0 Å². The highest BCUT2D eigenvalue weighted by molar-refractivity contribution is 4.69. The minimum Gasteiger partial charge on any atom is -0.393 e. The van der Waals surface area contributed by atoms with E-state index in [2.05, 4.69) is 6.92 Å². The Bertz CT molecular complexity index is 85.3. The Morgan fingerprint density at radius 1 is 1.60 bits per heavy atom. The van der Waals surface area contributed by atoms with E-state index in [1.807, 2.05) is 0 Å². The van der Waals surface area contributed by atoms with Crippen LogP contribution in [0.15, 0.2) is 0 Å². The van der Waals surface area contributed by atoms with E-state index in [1.54, 1.807) is 0 Å². The van der Waals surface area contributed by atoms with E-state index in [4.69, 9.17) is 9.84 Å². The zero-order valence-corrected chi connectivity index (χ0v) is 6.25. The summed E-state index contributed by atoms with van der Waals surface area (Å²) in [6.45, 7) is 4.37. The summed E-state index contributed by atoms with van der Waals surface area (Å²) in [5, 5.41) is 8.91. The summed E-state index contributed by atoms with van der Waals surface area (Å²) in [6.07, 6.45) is 4.00. The summed E-state index contributed by atoms with van der Waals surface area (Å²) in [5.74, 6) is 0. The Balaban J connectivity index is 2.13. The first-order valence-corrected chi connectivity index (χ1v) is 3.92. The van der Waals surface area contributed by atoms with Crippen LogP contribution in [0.2, 0.25) is 0 Å². The highest BCUT2D eigenvalue weighted by Crippen LogP contribution is 2.16. The van der Waals surface area contributed by atoms with Gasteiger partial charge in [0.15, 0.2) is 0 Å². The molecule has 2 heteroatoms. The Kier molecular flexibility index (Phi) is 3.16. The molecule has 59 valence electrons. The molecule has 0 bridgehead atoms. The molecule has 0 spiro atoms. The topological polar surface area (TPSA) is 29.5 Å². The van der Waals surface area contributed by atoms with E-state index < -0.39 is 6.10 Å². The molecule has 0 aromatic heterocycles. The number of ether oxygens (including phenoxy) is 1. The lowest BCUT2D eigenvalue weighted by atomic mass is 10.0. The fraction of sp³-hybridized carbons (Fsp3) is 0.875. The second kappa shape index (κ2) is 3.94. The van der Waals surface area contributed by atoms with Gasteiger partial charge in [-0.15, -0.1) is 0 Å². The van der Waals surface area contributed by atoms with Gasteiger partial charge in [-0.05, 0) is 32.6 Å². The number of aliphatic hydroxyl groups is 1. The van der Waals surface area contributed by atoms with Crippen LogP contribution in [0.3, 0.4) is 0 Å². The molecule has 0 aliphatic carbocycles. The van der Waals surface area contributed by atoms with Crippen LogP contribution in [0.4, 0.5) is 0 Å². The molecule has 1 N–H and O–H groups in total. The molecule has 1 aliphatic heterocycles. The highest BCUT2D eigenvalue weighted by atomic mass is 16.5. The quantitative estimate of drug-likeness (QED) is 0.628. The second-order valence-electron chi connectivity index (χ2n) is 2.88. The molecule has 2 nitrogen and oxygen atoms in total. The van der Waals surface area contributed by atoms with Gasteiger partial charge in [-0.3, -0.25) is 0 Å². The molecular weight excluding hydrogens is 128 g/mol. The average molecular weight is 143 g/mol. The van der Waals surface area contributed by atoms with Gasteiger partial charge in [-0.1, -0.05) is 0 Å². The molecule has 0 aromatic rings. The first kappa shape index (κ1) is 8.02. The van der Waals surface area contributed by atoms with E-state index in [9.17, 15) is 0 Å². The van der Waals surface area contributed by atoms with Crippen LogP contribution in [-0.2, 0) is 4.74 Å². The molecular formula is C8H15O2. The minimum atomic E-state index is -0.455. The summed E-state index contributed by atoms with van der Waals surface area (Å²) in [6, 6.07) is 0. The summed E-state index contributed by atoms with van der Waals surface area (Å²) < 4.78 is 5.39. The average Bonchev–Trinajstić information content (AvgIpc) is 1.88. The van der Waals surface area contributed by atoms with Crippen molar-refractivity contribution < 1.29 is 9.84 Å². The molecule has 1 aliphatic rings. The fourth-order valence-electron chi connectivity index (χ4n) is 1.30. The Hall–Kier alpha value is -0.0800. The molecule has 1 rings (SSSR count). The first-order chi connectivity index (χ1) is 4.79. The molecule has 1 radical (unpaired) electrons. The lowest BCUT2D eigenvalue weighted by Gasteiger charge is -2.23. The van der Waals surface area contributed by atoms with Crippen molar-refractivity contribution in [3.05, 3.63) is 6.92 Å². The molecule has 1 fully saturated rings. The molecule has 10 heavy (non-hydrogen) atoms. The van der Waals surface area contributed by atoms with Crippen molar-refractivity contribution in [1.82, 2.24) is 0 Å². The van der Waals surface area contributed by atoms with Crippen molar-refractivity contribution in [2.45, 2.75) is 37.9 Å². The molecule has 0 aromatic carbocycles. The van der Waals surface area contributed by atoms with Gasteiger partial charge in [0.05, 0.1) is 12.2 Å². The summed E-state index contributed by atoms with van der Waals surface area (Å²) >= 11 is 0. The summed E-state index contributed by atoms with van der Waals surface area (Å²) in [4.78, 5) is 0. The normalized spacial score (nSPS) is 30.0. The van der Waals surface area contributed by atoms with Crippen LogP contribution in [-0.4, -0.2) is 23.9 Å². The molecule has 2 unspecified atom stereocenters. The fourth-order valence-corrected chi connectivity index (χ4v) is 1.30. The Morgan fingerprint density at radius 3 is 2.90 bits per heavy atom. The van der Waals surface area contributed by atoms with Gasteiger partial charge in [0.1, 0.15) is 0 Å². The van der Waals surface area contributed by atoms with Gasteiger partial charge in [-0.25, -0.2) is 0 Å². The summed E-state index contributed by atoms with van der Waals surface area (Å²) in [7, 11) is 0. The maximum atomic E-state index is 8.91. The van der Waals surface area contributed by atoms with E-state index >= 15 is 0 Å². The lowest BCUT2D eigenvalue weighted by molar-refractivity contribution is -0.00765. The van der Waals surface area contributed by atoms with Crippen molar-refractivity contribution in [1.29, 1.82) is 0 Å². The monoisotopic (exact) mass is 143 g/mol. The zero-order valence-electron chi connectivity index (χ0n) is 6.25. The predicted octanol–water partition coefficient (Wildman–Crippen LogP) is 1.14. The third kappa shape index (κ3) is 2.67. The van der Waals surface area contributed by atoms with E-state index in [-0.39, 0.29) is 6.10 Å². The SMILES string of the molecule is [CH2]C(O)CC1CCCCO1. The van der Waals surface area contributed by atoms with Crippen molar-refractivity contribution in [2.24, 2.45) is 0 Å². The van der Waals surface area contributed by atoms with Crippen molar-refractivity contribution in [3.63, 3.8) is 0 Å². The maximum Gasteiger partial charge on any atom is 0.0599 e. The van der Waals surface area contributed by atoms with Crippen molar-refractivity contribution >= 4 is 0 Å². The molecule has 1 saturated heterocycles. The van der Waals surface area contributed by atoms with Crippen LogP contribution in [0.1, 0.15) is 25.7 Å². The Labute approximate surface area is 62.2 Å². The second-order valence-corrected chi connectivity index (χ2v) is 2.88. The standard InChI is InChI=1S/C8H15O2/c1-7(9)6-8-4-2-3-5-10-8/h7-9H,1-6H2. The highest BCUT2D eigenvalue weighted by Gasteiger charge is 2.15. The Morgan fingerprint density at radius 2 is 2.40 bits per heavy atom. The van der Waals surface area contributed by atoms with Crippen molar-refractivity contribution in [2.75, 3.05) is 6.61 Å². The van der Waals surface area contributed by atoms with Crippen LogP contribution in [0.5, 0.6) is 0 Å². The lowest BCUT2D eigenvalue weighted by Crippen LogP contribution is -2.23. The van der Waals surface area contributed by atoms with Crippen LogP contribution in [0, 0.1) is 6.92 Å². The summed E-state index contributed by atoms with van der Waals surface area (Å²) in [5.41, 5.74) is 0. The number of hydrogen-bond donors (Lipinski definition) is 1. The zero-order chi connectivity index (χ0) is 7.40. The van der Waals surface area contributed by atoms with Gasteiger partial charge in [0, 0.05) is 6.61 Å². The molecule has 0 saturated carbocycles. The number of hydrogen-bond acceptors (Lipinski definition) is 2. The van der Waals surface area contributed by atoms with Gasteiger partial charge < -0.3 is 9.84 Å². The largest absolute Gasteiger partial charge is 0.393 e. The van der Waals surface area contributed by atoms with Gasteiger partial charge in [-0.2, -0.15) is 0 Å². The predicted molar refractivity (Wildman–Crippen MR) is 39.6 cm³/mol. The van der Waals surface area contributed by atoms with E-state index in [1.165, 1.54) is 12.8 Å². The van der Waals surface area contributed by atoms with Gasteiger partial charge in [0.25, 0.3) is 0 Å². The van der Waals surface area contributed by atoms with Crippen LogP contribution < -0.4 is 0 Å². The molecule has 2 atom stereocenters. The van der Waals surface area contributed by atoms with Gasteiger partial charge >= 0.3 is 0 Å². The van der Waals surface area contributed by atoms with Crippen LogP contribution in [0.25, 0.3) is 0 Å². The maximum absolute atomic E-state index is 8.91. The van der Waals surface area contributed by atoms with Crippen molar-refractivity contribution in [3.8, 4) is 0 Å². The van der Waals surface area contributed by atoms with E-state index in [0.29, 0.717) is 6.42 Å². The third-order valence-electron chi connectivity index (χ3n) is 1.81. The first-order valence-electron chi connectivity index (χ1n) is 3.92. The van der Waals surface area contributed by atoms with Gasteiger partial charge in [0.2, 0.25) is 0 Å². The van der Waals surface area contributed by atoms with Crippen LogP contribution >= 0.6 is 0 Å². The minimum absolute atomic E-state index is 0.265. The number of rotatable bonds is 2. The molecule has 1 heterocycles. The molecule has 0 amide bonds. The number of aliphatic hydroxyl groups excluding tert-OH is 1.